The van der Waals surface area contributed by atoms with Crippen LogP contribution in [0.15, 0.2) is 27.9 Å². The van der Waals surface area contributed by atoms with Crippen LogP contribution < -0.4 is 5.32 Å². The average Bonchev–Trinajstić information content (AvgIpc) is 3.11. The first-order valence-corrected chi connectivity index (χ1v) is 13.6. The Morgan fingerprint density at radius 3 is 2.48 bits per heavy atom. The summed E-state index contributed by atoms with van der Waals surface area (Å²) in [4.78, 5) is 19.9. The second-order valence-electron chi connectivity index (χ2n) is 9.22. The van der Waals surface area contributed by atoms with Gasteiger partial charge in [-0.25, -0.2) is 0 Å². The van der Waals surface area contributed by atoms with Gasteiger partial charge in [-0.1, -0.05) is 90.6 Å². The Bertz CT molecular complexity index is 626. The maximum Gasteiger partial charge on any atom is 0.263 e. The Morgan fingerprint density at radius 2 is 1.77 bits per heavy atom. The average molecular weight is 448 g/mol. The summed E-state index contributed by atoms with van der Waals surface area (Å²) in [5, 5.41) is 3.92. The van der Waals surface area contributed by atoms with Crippen LogP contribution in [0.1, 0.15) is 111 Å². The molecule has 0 bridgehead atoms. The highest BCUT2D eigenvalue weighted by atomic mass is 32.2. The molecule has 0 aromatic rings. The van der Waals surface area contributed by atoms with E-state index in [-0.39, 0.29) is 5.91 Å². The largest absolute Gasteiger partial charge is 0.328 e. The van der Waals surface area contributed by atoms with Crippen LogP contribution in [0.3, 0.4) is 0 Å². The second-order valence-corrected chi connectivity index (χ2v) is 10.2. The van der Waals surface area contributed by atoms with Gasteiger partial charge >= 0.3 is 0 Å². The topological polar surface area (TPSA) is 44.7 Å². The summed E-state index contributed by atoms with van der Waals surface area (Å²) in [6.07, 6.45) is 22.5. The molecule has 0 aromatic heterocycles. The predicted octanol–water partition coefficient (Wildman–Crippen LogP) is 7.38. The maximum atomic E-state index is 12.5. The number of thioether (sulfide) groups is 1. The number of carbonyl (C=O) groups is 1. The molecule has 0 radical (unpaired) electrons. The van der Waals surface area contributed by atoms with E-state index in [1.165, 1.54) is 88.8 Å². The highest BCUT2D eigenvalue weighted by Crippen LogP contribution is 2.35. The molecular formula is C26H45N3OS. The van der Waals surface area contributed by atoms with Crippen molar-refractivity contribution >= 4 is 22.8 Å². The summed E-state index contributed by atoms with van der Waals surface area (Å²) < 4.78 is 0. The lowest BCUT2D eigenvalue weighted by molar-refractivity contribution is -0.116. The van der Waals surface area contributed by atoms with Crippen LogP contribution in [0.25, 0.3) is 0 Å². The molecule has 5 heteroatoms. The molecule has 0 saturated heterocycles. The lowest BCUT2D eigenvalue weighted by atomic mass is 9.96. The monoisotopic (exact) mass is 447 g/mol. The lowest BCUT2D eigenvalue weighted by Gasteiger charge is -2.23. The van der Waals surface area contributed by atoms with E-state index in [2.05, 4.69) is 35.1 Å². The third-order valence-corrected chi connectivity index (χ3v) is 7.57. The van der Waals surface area contributed by atoms with Crippen LogP contribution >= 0.6 is 11.8 Å². The molecule has 31 heavy (non-hydrogen) atoms. The van der Waals surface area contributed by atoms with Crippen molar-refractivity contribution in [3.05, 3.63) is 22.9 Å². The first-order chi connectivity index (χ1) is 15.1. The number of hydrogen-bond acceptors (Lipinski definition) is 4. The Hall–Kier alpha value is -1.23. The molecule has 0 fully saturated rings. The zero-order valence-corrected chi connectivity index (χ0v) is 21.1. The van der Waals surface area contributed by atoms with E-state index in [0.717, 1.165) is 47.6 Å². The first kappa shape index (κ1) is 26.0. The first-order valence-electron chi connectivity index (χ1n) is 12.8. The number of nitrogens with zero attached hydrogens (tertiary/aromatic N) is 2. The van der Waals surface area contributed by atoms with Gasteiger partial charge in [0.2, 0.25) is 0 Å². The lowest BCUT2D eigenvalue weighted by Crippen LogP contribution is -2.28. The van der Waals surface area contributed by atoms with Crippen LogP contribution in [0, 0.1) is 5.92 Å². The van der Waals surface area contributed by atoms with Gasteiger partial charge in [-0.05, 0) is 43.9 Å². The molecule has 1 amide bonds. The van der Waals surface area contributed by atoms with Crippen molar-refractivity contribution in [3.8, 4) is 0 Å². The van der Waals surface area contributed by atoms with E-state index in [9.17, 15) is 4.79 Å². The Balaban J connectivity index is 1.45. The van der Waals surface area contributed by atoms with Crippen molar-refractivity contribution in [1.82, 2.24) is 10.2 Å². The third kappa shape index (κ3) is 9.84. The number of unbranched alkanes of at least 4 members (excludes halogenated alkanes) is 9. The van der Waals surface area contributed by atoms with Gasteiger partial charge in [0.1, 0.15) is 0 Å². The summed E-state index contributed by atoms with van der Waals surface area (Å²) in [6, 6.07) is 0. The number of rotatable bonds is 16. The summed E-state index contributed by atoms with van der Waals surface area (Å²) >= 11 is 1.51. The molecule has 0 spiro atoms. The minimum Gasteiger partial charge on any atom is -0.328 e. The number of fused-ring (bicyclic) bond motifs is 1. The maximum absolute atomic E-state index is 12.5. The molecule has 1 unspecified atom stereocenters. The molecule has 0 aromatic carbocycles. The number of amides is 1. The normalized spacial score (nSPS) is 17.3. The highest BCUT2D eigenvalue weighted by Gasteiger charge is 2.31. The van der Waals surface area contributed by atoms with E-state index in [0.29, 0.717) is 0 Å². The summed E-state index contributed by atoms with van der Waals surface area (Å²) in [5.41, 5.74) is 1.04. The van der Waals surface area contributed by atoms with Crippen LogP contribution in [0.4, 0.5) is 0 Å². The van der Waals surface area contributed by atoms with Crippen LogP contribution in [0.5, 0.6) is 0 Å². The molecule has 2 aliphatic heterocycles. The molecule has 176 valence electrons. The Morgan fingerprint density at radius 1 is 1.10 bits per heavy atom. The van der Waals surface area contributed by atoms with E-state index in [4.69, 9.17) is 0 Å². The fourth-order valence-corrected chi connectivity index (χ4v) is 5.38. The summed E-state index contributed by atoms with van der Waals surface area (Å²) in [5.74, 6) is 0.883. The van der Waals surface area contributed by atoms with Gasteiger partial charge in [0, 0.05) is 25.0 Å². The van der Waals surface area contributed by atoms with Crippen LogP contribution in [0.2, 0.25) is 0 Å². The number of amidine groups is 1. The van der Waals surface area contributed by atoms with Gasteiger partial charge in [0.15, 0.2) is 5.17 Å². The Kier molecular flexibility index (Phi) is 13.1. The van der Waals surface area contributed by atoms with Crippen LogP contribution in [-0.4, -0.2) is 29.1 Å². The SMILES string of the molecule is CCCCCCCCC(C)CCCCCCC=CNC(=O)C1=C(C)N2CCCN=C2S1. The third-order valence-electron chi connectivity index (χ3n) is 6.35. The molecule has 4 nitrogen and oxygen atoms in total. The number of nitrogens with one attached hydrogen (secondary N) is 1. The Labute approximate surface area is 195 Å². The van der Waals surface area contributed by atoms with Crippen molar-refractivity contribution in [2.24, 2.45) is 10.9 Å². The number of allylic oxidation sites excluding steroid dienone is 2. The van der Waals surface area contributed by atoms with Gasteiger partial charge in [0.05, 0.1) is 4.91 Å². The van der Waals surface area contributed by atoms with Crippen molar-refractivity contribution < 1.29 is 4.79 Å². The van der Waals surface area contributed by atoms with Gasteiger partial charge < -0.3 is 10.2 Å². The molecule has 2 aliphatic rings. The quantitative estimate of drug-likeness (QED) is 0.251. The number of carbonyl (C=O) groups excluding carboxylic acids is 1. The second kappa shape index (κ2) is 15.6. The van der Waals surface area contributed by atoms with Gasteiger partial charge in [-0.15, -0.1) is 0 Å². The molecule has 2 heterocycles. The van der Waals surface area contributed by atoms with Crippen molar-refractivity contribution in [2.45, 2.75) is 111 Å². The number of aliphatic imine (C=N–C) groups is 1. The van der Waals surface area contributed by atoms with E-state index in [1.54, 1.807) is 0 Å². The molecule has 1 atom stereocenters. The van der Waals surface area contributed by atoms with Crippen molar-refractivity contribution in [1.29, 1.82) is 0 Å². The number of hydrogen-bond donors (Lipinski definition) is 1. The summed E-state index contributed by atoms with van der Waals surface area (Å²) in [7, 11) is 0. The molecule has 2 rings (SSSR count). The van der Waals surface area contributed by atoms with Gasteiger partial charge in [0.25, 0.3) is 5.91 Å². The van der Waals surface area contributed by atoms with Gasteiger partial charge in [-0.2, -0.15) is 0 Å². The van der Waals surface area contributed by atoms with E-state index in [1.807, 2.05) is 13.1 Å². The molecular weight excluding hydrogens is 402 g/mol. The van der Waals surface area contributed by atoms with E-state index >= 15 is 0 Å². The zero-order chi connectivity index (χ0) is 22.3. The van der Waals surface area contributed by atoms with Crippen LogP contribution in [-0.2, 0) is 4.79 Å². The fourth-order valence-electron chi connectivity index (χ4n) is 4.29. The summed E-state index contributed by atoms with van der Waals surface area (Å²) in [6.45, 7) is 8.58. The predicted molar refractivity (Wildman–Crippen MR) is 136 cm³/mol. The molecule has 0 aliphatic carbocycles. The minimum atomic E-state index is -0.00444. The zero-order valence-electron chi connectivity index (χ0n) is 20.3. The fraction of sp³-hybridized carbons (Fsp3) is 0.769. The van der Waals surface area contributed by atoms with E-state index < -0.39 is 0 Å². The standard InChI is InChI=1S/C26H45N3OS/c1-4-5-6-7-10-13-17-22(2)18-14-11-8-9-12-15-19-27-25(30)24-23(3)29-21-16-20-28-26(29)31-24/h15,19,22H,4-14,16-18,20-21H2,1-3H3,(H,27,30). The highest BCUT2D eigenvalue weighted by molar-refractivity contribution is 8.18. The van der Waals surface area contributed by atoms with Crippen molar-refractivity contribution in [3.63, 3.8) is 0 Å². The smallest absolute Gasteiger partial charge is 0.263 e. The minimum absolute atomic E-state index is 0.00444. The van der Waals surface area contributed by atoms with Gasteiger partial charge in [-0.3, -0.25) is 9.79 Å². The molecule has 1 N–H and O–H groups in total. The van der Waals surface area contributed by atoms with Crippen molar-refractivity contribution in [2.75, 3.05) is 13.1 Å². The molecule has 0 saturated carbocycles.